The lowest BCUT2D eigenvalue weighted by Gasteiger charge is -2.22. The summed E-state index contributed by atoms with van der Waals surface area (Å²) in [5.74, 6) is -0.249. The molecule has 0 bridgehead atoms. The van der Waals surface area contributed by atoms with Crippen molar-refractivity contribution in [2.75, 3.05) is 43.6 Å². The number of methoxy groups -OCH3 is 1. The van der Waals surface area contributed by atoms with Gasteiger partial charge in [-0.1, -0.05) is 6.07 Å². The maximum Gasteiger partial charge on any atom is 0.253 e. The molecule has 2 aromatic rings. The lowest BCUT2D eigenvalue weighted by Crippen LogP contribution is -2.37. The van der Waals surface area contributed by atoms with Crippen LogP contribution in [0.2, 0.25) is 0 Å². The van der Waals surface area contributed by atoms with E-state index in [2.05, 4.69) is 5.32 Å². The number of sulfonamides is 1. The van der Waals surface area contributed by atoms with Crippen LogP contribution in [0.25, 0.3) is 0 Å². The van der Waals surface area contributed by atoms with Crippen molar-refractivity contribution in [3.8, 4) is 5.75 Å². The van der Waals surface area contributed by atoms with Crippen LogP contribution in [0.4, 0.5) is 11.4 Å². The molecular formula is C20H25N3O5S. The van der Waals surface area contributed by atoms with Gasteiger partial charge < -0.3 is 15.0 Å². The molecule has 9 heteroatoms. The third-order valence-corrected chi connectivity index (χ3v) is 5.27. The summed E-state index contributed by atoms with van der Waals surface area (Å²) in [6.07, 6.45) is 1.02. The summed E-state index contributed by atoms with van der Waals surface area (Å²) in [4.78, 5) is 26.0. The molecule has 0 unspecified atom stereocenters. The van der Waals surface area contributed by atoms with Crippen molar-refractivity contribution in [1.29, 1.82) is 0 Å². The van der Waals surface area contributed by atoms with Gasteiger partial charge in [-0.15, -0.1) is 0 Å². The fourth-order valence-corrected chi connectivity index (χ4v) is 3.52. The first-order valence-corrected chi connectivity index (χ1v) is 10.6. The minimum Gasteiger partial charge on any atom is -0.495 e. The monoisotopic (exact) mass is 419 g/mol. The van der Waals surface area contributed by atoms with Crippen LogP contribution in [-0.4, -0.2) is 59.1 Å². The molecule has 0 aromatic heterocycles. The quantitative estimate of drug-likeness (QED) is 0.742. The molecule has 0 aliphatic carbocycles. The Morgan fingerprint density at radius 3 is 2.21 bits per heavy atom. The zero-order valence-corrected chi connectivity index (χ0v) is 17.9. The molecule has 8 nitrogen and oxygen atoms in total. The van der Waals surface area contributed by atoms with E-state index in [4.69, 9.17) is 4.74 Å². The molecule has 0 saturated carbocycles. The van der Waals surface area contributed by atoms with Crippen LogP contribution in [0.15, 0.2) is 42.5 Å². The van der Waals surface area contributed by atoms with Gasteiger partial charge in [0.05, 0.1) is 24.7 Å². The molecule has 29 heavy (non-hydrogen) atoms. The summed E-state index contributed by atoms with van der Waals surface area (Å²) in [6, 6.07) is 11.3. The summed E-state index contributed by atoms with van der Waals surface area (Å²) < 4.78 is 30.8. The molecule has 0 heterocycles. The summed E-state index contributed by atoms with van der Waals surface area (Å²) in [6.45, 7) is 1.45. The minimum absolute atomic E-state index is 0.202. The first-order valence-electron chi connectivity index (χ1n) is 8.77. The van der Waals surface area contributed by atoms with Crippen molar-refractivity contribution in [3.63, 3.8) is 0 Å². The molecule has 1 N–H and O–H groups in total. The number of anilines is 2. The summed E-state index contributed by atoms with van der Waals surface area (Å²) in [5.41, 5.74) is 2.08. The van der Waals surface area contributed by atoms with Gasteiger partial charge in [0.2, 0.25) is 15.9 Å². The Bertz CT molecular complexity index is 1000. The summed E-state index contributed by atoms with van der Waals surface area (Å²) in [7, 11) is 1.01. The SMILES string of the molecule is COc1ccc(C)cc1NC(=O)CN(c1ccc(C(=O)N(C)C)cc1)S(C)(=O)=O. The van der Waals surface area contributed by atoms with E-state index in [1.165, 1.54) is 36.3 Å². The van der Waals surface area contributed by atoms with Crippen LogP contribution in [0.3, 0.4) is 0 Å². The average Bonchev–Trinajstić information content (AvgIpc) is 2.65. The van der Waals surface area contributed by atoms with Crippen molar-refractivity contribution in [2.45, 2.75) is 6.92 Å². The van der Waals surface area contributed by atoms with E-state index in [0.29, 0.717) is 17.0 Å². The van der Waals surface area contributed by atoms with Gasteiger partial charge in [-0.05, 0) is 48.9 Å². The van der Waals surface area contributed by atoms with E-state index in [1.54, 1.807) is 26.2 Å². The number of ether oxygens (including phenoxy) is 1. The Morgan fingerprint density at radius 2 is 1.69 bits per heavy atom. The van der Waals surface area contributed by atoms with Crippen LogP contribution in [0.1, 0.15) is 15.9 Å². The Kier molecular flexibility index (Phi) is 6.86. The second-order valence-electron chi connectivity index (χ2n) is 6.77. The largest absolute Gasteiger partial charge is 0.495 e. The first kappa shape index (κ1) is 22.2. The Hall–Kier alpha value is -3.07. The Morgan fingerprint density at radius 1 is 1.07 bits per heavy atom. The van der Waals surface area contributed by atoms with Gasteiger partial charge >= 0.3 is 0 Å². The highest BCUT2D eigenvalue weighted by Gasteiger charge is 2.22. The number of rotatable bonds is 7. The summed E-state index contributed by atoms with van der Waals surface area (Å²) >= 11 is 0. The molecule has 0 fully saturated rings. The number of nitrogens with zero attached hydrogens (tertiary/aromatic N) is 2. The van der Waals surface area contributed by atoms with Gasteiger partial charge in [0.25, 0.3) is 5.91 Å². The van der Waals surface area contributed by atoms with Gasteiger partial charge in [0.1, 0.15) is 12.3 Å². The molecule has 0 radical (unpaired) electrons. The number of nitrogens with one attached hydrogen (secondary N) is 1. The van der Waals surface area contributed by atoms with Crippen molar-refractivity contribution >= 4 is 33.2 Å². The third-order valence-electron chi connectivity index (χ3n) is 4.13. The normalized spacial score (nSPS) is 10.9. The Balaban J connectivity index is 2.25. The number of amides is 2. The smallest absolute Gasteiger partial charge is 0.253 e. The van der Waals surface area contributed by atoms with Gasteiger partial charge in [0.15, 0.2) is 0 Å². The first-order chi connectivity index (χ1) is 13.5. The lowest BCUT2D eigenvalue weighted by atomic mass is 10.2. The molecule has 0 aliphatic heterocycles. The predicted molar refractivity (Wildman–Crippen MR) is 113 cm³/mol. The van der Waals surface area contributed by atoms with E-state index in [1.807, 2.05) is 13.0 Å². The van der Waals surface area contributed by atoms with Crippen LogP contribution < -0.4 is 14.4 Å². The second-order valence-corrected chi connectivity index (χ2v) is 8.67. The highest BCUT2D eigenvalue weighted by Crippen LogP contribution is 2.25. The molecule has 156 valence electrons. The zero-order valence-electron chi connectivity index (χ0n) is 17.1. The molecule has 0 spiro atoms. The highest BCUT2D eigenvalue weighted by molar-refractivity contribution is 7.92. The average molecular weight is 420 g/mol. The van der Waals surface area contributed by atoms with Gasteiger partial charge in [0, 0.05) is 19.7 Å². The molecule has 2 amide bonds. The van der Waals surface area contributed by atoms with E-state index in [9.17, 15) is 18.0 Å². The maximum atomic E-state index is 12.6. The van der Waals surface area contributed by atoms with Gasteiger partial charge in [-0.3, -0.25) is 13.9 Å². The Labute approximate surface area is 171 Å². The number of aryl methyl sites for hydroxylation is 1. The molecule has 2 rings (SSSR count). The predicted octanol–water partition coefficient (Wildman–Crippen LogP) is 2.11. The molecule has 0 atom stereocenters. The van der Waals surface area contributed by atoms with E-state index in [-0.39, 0.29) is 11.6 Å². The zero-order chi connectivity index (χ0) is 21.8. The topological polar surface area (TPSA) is 96.0 Å². The van der Waals surface area contributed by atoms with Crippen LogP contribution in [0.5, 0.6) is 5.75 Å². The lowest BCUT2D eigenvalue weighted by molar-refractivity contribution is -0.114. The molecular weight excluding hydrogens is 394 g/mol. The number of carbonyl (C=O) groups is 2. The molecule has 0 saturated heterocycles. The minimum atomic E-state index is -3.73. The van der Waals surface area contributed by atoms with Crippen molar-refractivity contribution in [2.24, 2.45) is 0 Å². The maximum absolute atomic E-state index is 12.6. The fraction of sp³-hybridized carbons (Fsp3) is 0.300. The van der Waals surface area contributed by atoms with E-state index in [0.717, 1.165) is 16.1 Å². The van der Waals surface area contributed by atoms with Crippen LogP contribution in [-0.2, 0) is 14.8 Å². The van der Waals surface area contributed by atoms with Crippen molar-refractivity contribution in [3.05, 3.63) is 53.6 Å². The number of carbonyl (C=O) groups excluding carboxylic acids is 2. The van der Waals surface area contributed by atoms with Crippen molar-refractivity contribution in [1.82, 2.24) is 4.90 Å². The van der Waals surface area contributed by atoms with Gasteiger partial charge in [-0.2, -0.15) is 0 Å². The highest BCUT2D eigenvalue weighted by atomic mass is 32.2. The number of hydrogen-bond donors (Lipinski definition) is 1. The van der Waals surface area contributed by atoms with Gasteiger partial charge in [-0.25, -0.2) is 8.42 Å². The van der Waals surface area contributed by atoms with E-state index < -0.39 is 22.5 Å². The van der Waals surface area contributed by atoms with Crippen molar-refractivity contribution < 1.29 is 22.7 Å². The number of hydrogen-bond acceptors (Lipinski definition) is 5. The fourth-order valence-electron chi connectivity index (χ4n) is 2.67. The third kappa shape index (κ3) is 5.71. The number of benzene rings is 2. The second kappa shape index (κ2) is 8.95. The van der Waals surface area contributed by atoms with Crippen LogP contribution >= 0.6 is 0 Å². The molecule has 0 aliphatic rings. The standard InChI is InChI=1S/C20H25N3O5S/c1-14-6-11-18(28-4)17(12-14)21-19(24)13-23(29(5,26)27)16-9-7-15(8-10-16)20(25)22(2)3/h6-12H,13H2,1-5H3,(H,21,24). The molecule has 2 aromatic carbocycles. The summed E-state index contributed by atoms with van der Waals surface area (Å²) in [5, 5.41) is 2.69. The van der Waals surface area contributed by atoms with E-state index >= 15 is 0 Å². The van der Waals surface area contributed by atoms with Crippen LogP contribution in [0, 0.1) is 6.92 Å².